The van der Waals surface area contributed by atoms with E-state index in [2.05, 4.69) is 19.2 Å². The topological polar surface area (TPSA) is 21.3 Å². The lowest BCUT2D eigenvalue weighted by Gasteiger charge is -2.14. The van der Waals surface area contributed by atoms with Gasteiger partial charge in [-0.2, -0.15) is 0 Å². The molecule has 0 aliphatic heterocycles. The van der Waals surface area contributed by atoms with Crippen LogP contribution in [0.3, 0.4) is 0 Å². The maximum atomic E-state index is 6.20. The molecule has 5 heteroatoms. The monoisotopic (exact) mass is 321 g/mol. The molecule has 1 rings (SSSR count). The molecule has 19 heavy (non-hydrogen) atoms. The van der Waals surface area contributed by atoms with E-state index in [9.17, 15) is 0 Å². The predicted octanol–water partition coefficient (Wildman–Crippen LogP) is 4.78. The molecule has 0 aliphatic carbocycles. The smallest absolute Gasteiger partial charge is 0.125 e. The van der Waals surface area contributed by atoms with Gasteiger partial charge in [0.15, 0.2) is 0 Å². The maximum absolute atomic E-state index is 6.20. The quantitative estimate of drug-likeness (QED) is 0.779. The minimum Gasteiger partial charge on any atom is -0.488 e. The average molecular weight is 323 g/mol. The van der Waals surface area contributed by atoms with Crippen molar-refractivity contribution < 1.29 is 4.74 Å². The highest BCUT2D eigenvalue weighted by Crippen LogP contribution is 2.27. The summed E-state index contributed by atoms with van der Waals surface area (Å²) in [7, 11) is 0. The van der Waals surface area contributed by atoms with Gasteiger partial charge in [-0.3, -0.25) is 0 Å². The lowest BCUT2D eigenvalue weighted by molar-refractivity contribution is 0.353. The molecule has 1 N–H and O–H groups in total. The van der Waals surface area contributed by atoms with E-state index < -0.39 is 0 Å². The molecule has 0 atom stereocenters. The summed E-state index contributed by atoms with van der Waals surface area (Å²) in [6, 6.07) is 5.57. The second-order valence-corrected chi connectivity index (χ2v) is 5.70. The van der Waals surface area contributed by atoms with Gasteiger partial charge in [-0.05, 0) is 24.6 Å². The molecule has 0 radical (unpaired) electrons. The molecular weight excluding hydrogens is 305 g/mol. The summed E-state index contributed by atoms with van der Waals surface area (Å²) in [6.07, 6.45) is 0. The van der Waals surface area contributed by atoms with Crippen LogP contribution in [0.5, 0.6) is 5.75 Å². The van der Waals surface area contributed by atoms with E-state index in [1.165, 1.54) is 5.54 Å². The van der Waals surface area contributed by atoms with Gasteiger partial charge in [-0.25, -0.2) is 0 Å². The van der Waals surface area contributed by atoms with Crippen LogP contribution in [0.2, 0.25) is 5.02 Å². The molecule has 0 unspecified atom stereocenters. The Morgan fingerprint density at radius 3 is 2.79 bits per heavy atom. The van der Waals surface area contributed by atoms with E-state index in [1.807, 2.05) is 18.2 Å². The molecule has 2 nitrogen and oxygen atoms in total. The summed E-state index contributed by atoms with van der Waals surface area (Å²) in [5.41, 5.74) is 2.23. The zero-order chi connectivity index (χ0) is 14.3. The van der Waals surface area contributed by atoms with Crippen molar-refractivity contribution in [2.24, 2.45) is 5.92 Å². The Hall–Kier alpha value is -0.410. The first-order valence-electron chi connectivity index (χ1n) is 6.10. The molecule has 1 aromatic carbocycles. The molecule has 106 valence electrons. The van der Waals surface area contributed by atoms with E-state index in [4.69, 9.17) is 39.5 Å². The molecule has 0 saturated carbocycles. The van der Waals surface area contributed by atoms with Gasteiger partial charge < -0.3 is 10.1 Å². The molecule has 0 saturated heterocycles. The highest BCUT2D eigenvalue weighted by molar-refractivity contribution is 6.36. The first-order valence-corrected chi connectivity index (χ1v) is 7.29. The fourth-order valence-corrected chi connectivity index (χ4v) is 1.86. The standard InChI is InChI=1S/C14H18Cl3NO/c1-10(2)7-18-8-12-13(17)4-3-5-14(12)19-9-11(16)6-15/h3-6,10,18H,7-9H2,1-2H3/b11-6-. The lowest BCUT2D eigenvalue weighted by atomic mass is 10.1. The van der Waals surface area contributed by atoms with Gasteiger partial charge >= 0.3 is 0 Å². The Balaban J connectivity index is 2.71. The summed E-state index contributed by atoms with van der Waals surface area (Å²) in [5.74, 6) is 1.31. The number of rotatable bonds is 7. The summed E-state index contributed by atoms with van der Waals surface area (Å²) >= 11 is 17.5. The van der Waals surface area contributed by atoms with Crippen LogP contribution in [0.15, 0.2) is 28.8 Å². The largest absolute Gasteiger partial charge is 0.488 e. The van der Waals surface area contributed by atoms with Crippen LogP contribution in [-0.4, -0.2) is 13.2 Å². The first-order chi connectivity index (χ1) is 9.04. The van der Waals surface area contributed by atoms with E-state index in [0.717, 1.165) is 17.9 Å². The summed E-state index contributed by atoms with van der Waals surface area (Å²) in [5, 5.41) is 4.47. The summed E-state index contributed by atoms with van der Waals surface area (Å²) in [4.78, 5) is 0. The van der Waals surface area contributed by atoms with Gasteiger partial charge in [-0.15, -0.1) is 0 Å². The fourth-order valence-electron chi connectivity index (χ4n) is 1.51. The van der Waals surface area contributed by atoms with Gasteiger partial charge in [0.05, 0.1) is 5.03 Å². The molecule has 0 heterocycles. The number of nitrogens with one attached hydrogen (secondary N) is 1. The molecule has 0 fully saturated rings. The van der Waals surface area contributed by atoms with Gasteiger partial charge in [0, 0.05) is 22.7 Å². The third-order valence-electron chi connectivity index (χ3n) is 2.41. The normalized spacial score (nSPS) is 12.0. The number of hydrogen-bond donors (Lipinski definition) is 1. The fraction of sp³-hybridized carbons (Fsp3) is 0.429. The number of halogens is 3. The van der Waals surface area contributed by atoms with Crippen LogP contribution in [-0.2, 0) is 6.54 Å². The molecule has 0 bridgehead atoms. The number of hydrogen-bond acceptors (Lipinski definition) is 2. The highest BCUT2D eigenvalue weighted by atomic mass is 35.5. The van der Waals surface area contributed by atoms with E-state index in [1.54, 1.807) is 0 Å². The van der Waals surface area contributed by atoms with Crippen LogP contribution in [0.1, 0.15) is 19.4 Å². The third-order valence-corrected chi connectivity index (χ3v) is 3.36. The van der Waals surface area contributed by atoms with Crippen molar-refractivity contribution >= 4 is 34.8 Å². The first kappa shape index (κ1) is 16.6. The Morgan fingerprint density at radius 1 is 1.42 bits per heavy atom. The predicted molar refractivity (Wildman–Crippen MR) is 83.3 cm³/mol. The van der Waals surface area contributed by atoms with Crippen molar-refractivity contribution in [3.05, 3.63) is 39.4 Å². The molecule has 0 aromatic heterocycles. The molecule has 0 aliphatic rings. The zero-order valence-electron chi connectivity index (χ0n) is 11.1. The van der Waals surface area contributed by atoms with Crippen LogP contribution in [0.4, 0.5) is 0 Å². The van der Waals surface area contributed by atoms with Crippen molar-refractivity contribution in [2.75, 3.05) is 13.2 Å². The van der Waals surface area contributed by atoms with E-state index in [0.29, 0.717) is 22.5 Å². The minimum absolute atomic E-state index is 0.239. The lowest BCUT2D eigenvalue weighted by Crippen LogP contribution is -2.19. The van der Waals surface area contributed by atoms with Gasteiger partial charge in [0.2, 0.25) is 0 Å². The number of benzene rings is 1. The van der Waals surface area contributed by atoms with Crippen LogP contribution >= 0.6 is 34.8 Å². The second-order valence-electron chi connectivity index (χ2n) is 4.59. The Kier molecular flexibility index (Phi) is 7.62. The molecule has 0 spiro atoms. The van der Waals surface area contributed by atoms with Crippen LogP contribution < -0.4 is 10.1 Å². The number of ether oxygens (including phenoxy) is 1. The van der Waals surface area contributed by atoms with Gasteiger partial charge in [-0.1, -0.05) is 54.7 Å². The van der Waals surface area contributed by atoms with Crippen molar-refractivity contribution in [1.29, 1.82) is 0 Å². The van der Waals surface area contributed by atoms with Gasteiger partial charge in [0.1, 0.15) is 12.4 Å². The second kappa shape index (κ2) is 8.70. The summed E-state index contributed by atoms with van der Waals surface area (Å²) < 4.78 is 5.62. The minimum atomic E-state index is 0.239. The SMILES string of the molecule is CC(C)CNCc1c(Cl)cccc1OC/C(Cl)=C/Cl. The molecule has 1 aromatic rings. The molecular formula is C14H18Cl3NO. The third kappa shape index (κ3) is 6.05. The highest BCUT2D eigenvalue weighted by Gasteiger charge is 2.08. The van der Waals surface area contributed by atoms with Crippen molar-refractivity contribution in [1.82, 2.24) is 5.32 Å². The molecule has 0 amide bonds. The summed E-state index contributed by atoms with van der Waals surface area (Å²) in [6.45, 7) is 6.13. The Bertz CT molecular complexity index is 433. The van der Waals surface area contributed by atoms with Crippen LogP contribution in [0, 0.1) is 5.92 Å². The Morgan fingerprint density at radius 2 is 2.16 bits per heavy atom. The van der Waals surface area contributed by atoms with Crippen molar-refractivity contribution in [3.8, 4) is 5.75 Å². The average Bonchev–Trinajstić information content (AvgIpc) is 2.38. The van der Waals surface area contributed by atoms with E-state index >= 15 is 0 Å². The zero-order valence-corrected chi connectivity index (χ0v) is 13.3. The van der Waals surface area contributed by atoms with Crippen molar-refractivity contribution in [3.63, 3.8) is 0 Å². The Labute approximate surface area is 129 Å². The van der Waals surface area contributed by atoms with Gasteiger partial charge in [0.25, 0.3) is 0 Å². The van der Waals surface area contributed by atoms with Crippen LogP contribution in [0.25, 0.3) is 0 Å². The van der Waals surface area contributed by atoms with E-state index in [-0.39, 0.29) is 6.61 Å². The van der Waals surface area contributed by atoms with Crippen molar-refractivity contribution in [2.45, 2.75) is 20.4 Å². The maximum Gasteiger partial charge on any atom is 0.125 e.